The minimum atomic E-state index is -3.42. The van der Waals surface area contributed by atoms with Crippen molar-refractivity contribution in [2.75, 3.05) is 14.2 Å². The molecule has 0 spiro atoms. The summed E-state index contributed by atoms with van der Waals surface area (Å²) in [5.41, 5.74) is -0.0382. The third-order valence-electron chi connectivity index (χ3n) is 2.04. The largest absolute Gasteiger partial charge is 0.497 e. The second-order valence-corrected chi connectivity index (χ2v) is 4.11. The molecule has 0 amide bonds. The number of ether oxygens (including phenoxy) is 2. The van der Waals surface area contributed by atoms with Crippen molar-refractivity contribution in [3.63, 3.8) is 0 Å². The van der Waals surface area contributed by atoms with Crippen molar-refractivity contribution < 1.29 is 23.4 Å². The first-order valence-electron chi connectivity index (χ1n) is 4.37. The number of aliphatic hydroxyl groups is 1. The van der Waals surface area contributed by atoms with Crippen LogP contribution in [0.15, 0.2) is 18.2 Å². The number of benzene rings is 1. The maximum absolute atomic E-state index is 12.9. The van der Waals surface area contributed by atoms with Crippen LogP contribution in [0.2, 0.25) is 0 Å². The Balaban J connectivity index is 3.18. The predicted molar refractivity (Wildman–Crippen MR) is 58.4 cm³/mol. The fourth-order valence-electron chi connectivity index (χ4n) is 1.23. The van der Waals surface area contributed by atoms with E-state index >= 15 is 0 Å². The Kier molecular flexibility index (Phi) is 4.09. The van der Waals surface area contributed by atoms with E-state index in [1.54, 1.807) is 6.07 Å². The van der Waals surface area contributed by atoms with Crippen LogP contribution in [0.4, 0.5) is 8.78 Å². The fraction of sp³-hybridized carbons (Fsp3) is 0.400. The normalized spacial score (nSPS) is 13.4. The van der Waals surface area contributed by atoms with Gasteiger partial charge in [0.05, 0.1) is 14.2 Å². The lowest BCUT2D eigenvalue weighted by molar-refractivity contribution is -0.0305. The molecule has 0 aromatic heterocycles. The van der Waals surface area contributed by atoms with Crippen LogP contribution in [0.25, 0.3) is 0 Å². The molecule has 0 aliphatic carbocycles. The highest BCUT2D eigenvalue weighted by atomic mass is 79.9. The first kappa shape index (κ1) is 13.2. The molecule has 90 valence electrons. The molecule has 0 aliphatic heterocycles. The molecule has 1 aromatic carbocycles. The van der Waals surface area contributed by atoms with Crippen LogP contribution >= 0.6 is 15.9 Å². The van der Waals surface area contributed by atoms with Gasteiger partial charge in [-0.1, -0.05) is 0 Å². The summed E-state index contributed by atoms with van der Waals surface area (Å²) in [4.78, 5) is -3.42. The molecule has 1 atom stereocenters. The highest BCUT2D eigenvalue weighted by Crippen LogP contribution is 2.41. The van der Waals surface area contributed by atoms with Gasteiger partial charge < -0.3 is 14.6 Å². The summed E-state index contributed by atoms with van der Waals surface area (Å²) >= 11 is 2.11. The number of methoxy groups -OCH3 is 2. The number of aliphatic hydroxyl groups excluding tert-OH is 1. The number of hydrogen-bond acceptors (Lipinski definition) is 3. The minimum Gasteiger partial charge on any atom is -0.497 e. The van der Waals surface area contributed by atoms with E-state index in [9.17, 15) is 13.9 Å². The molecule has 0 bridgehead atoms. The zero-order chi connectivity index (χ0) is 12.3. The lowest BCUT2D eigenvalue weighted by atomic mass is 10.1. The Hall–Kier alpha value is -0.880. The monoisotopic (exact) mass is 296 g/mol. The summed E-state index contributed by atoms with van der Waals surface area (Å²) < 4.78 is 35.6. The summed E-state index contributed by atoms with van der Waals surface area (Å²) in [5.74, 6) is 0.541. The van der Waals surface area contributed by atoms with Crippen LogP contribution in [-0.2, 0) is 0 Å². The van der Waals surface area contributed by atoms with Gasteiger partial charge in [-0.2, -0.15) is 8.78 Å². The van der Waals surface area contributed by atoms with Gasteiger partial charge in [-0.15, -0.1) is 0 Å². The van der Waals surface area contributed by atoms with Crippen LogP contribution in [0.3, 0.4) is 0 Å². The SMILES string of the molecule is COc1ccc(OC)c(C(O)C(F)(F)Br)c1. The Labute approximate surface area is 100 Å². The summed E-state index contributed by atoms with van der Waals surface area (Å²) in [6.07, 6.45) is -2.00. The Bertz CT molecular complexity index is 366. The third kappa shape index (κ3) is 2.82. The molecule has 0 radical (unpaired) electrons. The number of hydrogen-bond donors (Lipinski definition) is 1. The standard InChI is InChI=1S/C10H11BrF2O3/c1-15-6-3-4-8(16-2)7(5-6)9(14)10(11,12)13/h3-5,9,14H,1-2H3. The molecule has 1 rings (SSSR count). The van der Waals surface area contributed by atoms with Crippen molar-refractivity contribution in [2.24, 2.45) is 0 Å². The summed E-state index contributed by atoms with van der Waals surface area (Å²) in [6, 6.07) is 4.32. The van der Waals surface area contributed by atoms with Gasteiger partial charge in [0.25, 0.3) is 0 Å². The van der Waals surface area contributed by atoms with Crippen molar-refractivity contribution in [1.82, 2.24) is 0 Å². The number of halogens is 3. The van der Waals surface area contributed by atoms with Crippen molar-refractivity contribution in [2.45, 2.75) is 10.9 Å². The molecule has 6 heteroatoms. The summed E-state index contributed by atoms with van der Waals surface area (Å²) in [6.45, 7) is 0. The van der Waals surface area contributed by atoms with Crippen molar-refractivity contribution in [1.29, 1.82) is 0 Å². The molecule has 0 aliphatic rings. The van der Waals surface area contributed by atoms with E-state index in [0.717, 1.165) is 0 Å². The molecule has 0 fully saturated rings. The van der Waals surface area contributed by atoms with E-state index in [2.05, 4.69) is 15.9 Å². The van der Waals surface area contributed by atoms with E-state index in [-0.39, 0.29) is 11.3 Å². The van der Waals surface area contributed by atoms with Gasteiger partial charge in [0.1, 0.15) is 11.5 Å². The maximum atomic E-state index is 12.9. The zero-order valence-electron chi connectivity index (χ0n) is 8.71. The van der Waals surface area contributed by atoms with Gasteiger partial charge in [0, 0.05) is 5.56 Å². The smallest absolute Gasteiger partial charge is 0.330 e. The quantitative estimate of drug-likeness (QED) is 0.869. The molecule has 0 saturated heterocycles. The topological polar surface area (TPSA) is 38.7 Å². The highest BCUT2D eigenvalue weighted by molar-refractivity contribution is 9.10. The molecule has 0 saturated carbocycles. The first-order chi connectivity index (χ1) is 7.40. The molecule has 3 nitrogen and oxygen atoms in total. The van der Waals surface area contributed by atoms with Crippen LogP contribution in [-0.4, -0.2) is 24.2 Å². The predicted octanol–water partition coefficient (Wildman–Crippen LogP) is 2.72. The molecule has 16 heavy (non-hydrogen) atoms. The zero-order valence-corrected chi connectivity index (χ0v) is 10.3. The second-order valence-electron chi connectivity index (χ2n) is 3.05. The maximum Gasteiger partial charge on any atom is 0.330 e. The Morgan fingerprint density at radius 2 is 1.94 bits per heavy atom. The van der Waals surface area contributed by atoms with E-state index in [4.69, 9.17) is 9.47 Å². The van der Waals surface area contributed by atoms with Crippen LogP contribution in [0.1, 0.15) is 11.7 Å². The molecular formula is C10H11BrF2O3. The van der Waals surface area contributed by atoms with Crippen molar-refractivity contribution in [3.05, 3.63) is 23.8 Å². The lowest BCUT2D eigenvalue weighted by Crippen LogP contribution is -2.19. The molecule has 1 aromatic rings. The molecule has 1 unspecified atom stereocenters. The van der Waals surface area contributed by atoms with E-state index in [1.807, 2.05) is 0 Å². The van der Waals surface area contributed by atoms with E-state index in [1.165, 1.54) is 26.4 Å². The van der Waals surface area contributed by atoms with Gasteiger partial charge in [-0.3, -0.25) is 0 Å². The molecule has 1 N–H and O–H groups in total. The highest BCUT2D eigenvalue weighted by Gasteiger charge is 2.38. The van der Waals surface area contributed by atoms with Gasteiger partial charge >= 0.3 is 4.83 Å². The molecular weight excluding hydrogens is 286 g/mol. The third-order valence-corrected chi connectivity index (χ3v) is 2.48. The average Bonchev–Trinajstić information content (AvgIpc) is 2.25. The number of alkyl halides is 3. The second kappa shape index (κ2) is 4.97. The van der Waals surface area contributed by atoms with Gasteiger partial charge in [-0.05, 0) is 34.1 Å². The van der Waals surface area contributed by atoms with E-state index < -0.39 is 10.9 Å². The van der Waals surface area contributed by atoms with Crippen molar-refractivity contribution in [3.8, 4) is 11.5 Å². The van der Waals surface area contributed by atoms with Gasteiger partial charge in [0.2, 0.25) is 0 Å². The van der Waals surface area contributed by atoms with Crippen LogP contribution in [0.5, 0.6) is 11.5 Å². The van der Waals surface area contributed by atoms with Gasteiger partial charge in [-0.25, -0.2) is 0 Å². The Morgan fingerprint density at radius 3 is 2.38 bits per heavy atom. The van der Waals surface area contributed by atoms with Crippen LogP contribution < -0.4 is 9.47 Å². The van der Waals surface area contributed by atoms with Crippen molar-refractivity contribution >= 4 is 15.9 Å². The summed E-state index contributed by atoms with van der Waals surface area (Å²) in [5, 5.41) is 9.46. The fourth-order valence-corrected chi connectivity index (χ4v) is 1.48. The first-order valence-corrected chi connectivity index (χ1v) is 5.16. The summed E-state index contributed by atoms with van der Waals surface area (Å²) in [7, 11) is 2.74. The lowest BCUT2D eigenvalue weighted by Gasteiger charge is -2.19. The van der Waals surface area contributed by atoms with Gasteiger partial charge in [0.15, 0.2) is 6.10 Å². The average molecular weight is 297 g/mol. The Morgan fingerprint density at radius 1 is 1.31 bits per heavy atom. The van der Waals surface area contributed by atoms with E-state index in [0.29, 0.717) is 5.75 Å². The molecule has 0 heterocycles. The number of rotatable bonds is 4. The minimum absolute atomic E-state index is 0.0382. The van der Waals surface area contributed by atoms with Crippen LogP contribution in [0, 0.1) is 0 Å².